The first-order valence-corrected chi connectivity index (χ1v) is 6.83. The van der Waals surface area contributed by atoms with E-state index in [1.54, 1.807) is 22.0 Å². The first-order valence-electron chi connectivity index (χ1n) is 6.83. The van der Waals surface area contributed by atoms with Crippen LogP contribution in [0.3, 0.4) is 0 Å². The Labute approximate surface area is 118 Å². The second-order valence-corrected chi connectivity index (χ2v) is 5.21. The van der Waals surface area contributed by atoms with Crippen molar-refractivity contribution in [2.45, 2.75) is 19.0 Å². The largest absolute Gasteiger partial charge is 0.337 e. The highest BCUT2D eigenvalue weighted by atomic mass is 16.2. The lowest BCUT2D eigenvalue weighted by Gasteiger charge is -2.14. The molecule has 2 aromatic rings. The molecule has 1 aromatic heterocycles. The lowest BCUT2D eigenvalue weighted by atomic mass is 10.2. The standard InChI is InChI=1S/C15H18N4O/c16-14-6-7-18(11-14)15(20)13-8-17-19(10-13)9-12-4-2-1-3-5-12/h1-5,8,10,14H,6-7,9,11,16H2/t14-/m1/s1. The van der Waals surface area contributed by atoms with Gasteiger partial charge in [-0.2, -0.15) is 5.10 Å². The third kappa shape index (κ3) is 2.72. The van der Waals surface area contributed by atoms with E-state index in [2.05, 4.69) is 5.10 Å². The first-order chi connectivity index (χ1) is 9.72. The van der Waals surface area contributed by atoms with Crippen LogP contribution in [0.2, 0.25) is 0 Å². The molecule has 1 atom stereocenters. The maximum atomic E-state index is 12.3. The third-order valence-corrected chi connectivity index (χ3v) is 3.58. The highest BCUT2D eigenvalue weighted by Gasteiger charge is 2.25. The van der Waals surface area contributed by atoms with E-state index in [0.29, 0.717) is 18.7 Å². The summed E-state index contributed by atoms with van der Waals surface area (Å²) in [5, 5.41) is 4.26. The molecule has 5 nitrogen and oxygen atoms in total. The smallest absolute Gasteiger partial charge is 0.257 e. The van der Waals surface area contributed by atoms with Crippen LogP contribution in [0, 0.1) is 0 Å². The van der Waals surface area contributed by atoms with Crippen LogP contribution < -0.4 is 5.73 Å². The van der Waals surface area contributed by atoms with Gasteiger partial charge in [-0.25, -0.2) is 0 Å². The third-order valence-electron chi connectivity index (χ3n) is 3.58. The van der Waals surface area contributed by atoms with Gasteiger partial charge in [-0.15, -0.1) is 0 Å². The van der Waals surface area contributed by atoms with Crippen LogP contribution in [0.4, 0.5) is 0 Å². The molecule has 0 saturated carbocycles. The minimum atomic E-state index is 0.0252. The molecule has 1 aliphatic heterocycles. The van der Waals surface area contributed by atoms with E-state index >= 15 is 0 Å². The molecule has 1 amide bonds. The number of likely N-dealkylation sites (tertiary alicyclic amines) is 1. The fraction of sp³-hybridized carbons (Fsp3) is 0.333. The minimum absolute atomic E-state index is 0.0252. The maximum Gasteiger partial charge on any atom is 0.257 e. The molecule has 0 radical (unpaired) electrons. The Hall–Kier alpha value is -2.14. The molecule has 0 spiro atoms. The molecular formula is C15H18N4O. The van der Waals surface area contributed by atoms with E-state index in [9.17, 15) is 4.79 Å². The van der Waals surface area contributed by atoms with Crippen molar-refractivity contribution >= 4 is 5.91 Å². The summed E-state index contributed by atoms with van der Waals surface area (Å²) in [5.74, 6) is 0.0252. The molecule has 1 aromatic carbocycles. The number of hydrogen-bond acceptors (Lipinski definition) is 3. The number of rotatable bonds is 3. The maximum absolute atomic E-state index is 12.3. The second kappa shape index (κ2) is 5.46. The molecule has 1 saturated heterocycles. The van der Waals surface area contributed by atoms with Crippen LogP contribution >= 0.6 is 0 Å². The molecule has 0 aliphatic carbocycles. The molecule has 3 rings (SSSR count). The number of nitrogens with two attached hydrogens (primary N) is 1. The fourth-order valence-corrected chi connectivity index (χ4v) is 2.49. The highest BCUT2D eigenvalue weighted by molar-refractivity contribution is 5.93. The Morgan fingerprint density at radius 3 is 2.85 bits per heavy atom. The van der Waals surface area contributed by atoms with Crippen LogP contribution in [-0.4, -0.2) is 39.7 Å². The number of amides is 1. The Kier molecular flexibility index (Phi) is 3.52. The zero-order valence-corrected chi connectivity index (χ0v) is 11.3. The normalized spacial score (nSPS) is 18.4. The van der Waals surface area contributed by atoms with Crippen LogP contribution in [0.25, 0.3) is 0 Å². The van der Waals surface area contributed by atoms with E-state index in [1.165, 1.54) is 0 Å². The van der Waals surface area contributed by atoms with Crippen LogP contribution in [0.15, 0.2) is 42.7 Å². The molecule has 2 heterocycles. The zero-order chi connectivity index (χ0) is 13.9. The van der Waals surface area contributed by atoms with Crippen LogP contribution in [-0.2, 0) is 6.54 Å². The van der Waals surface area contributed by atoms with E-state index in [1.807, 2.05) is 30.3 Å². The van der Waals surface area contributed by atoms with Gasteiger partial charge in [-0.1, -0.05) is 30.3 Å². The Balaban J connectivity index is 1.69. The molecular weight excluding hydrogens is 252 g/mol. The number of aromatic nitrogens is 2. The molecule has 1 aliphatic rings. The molecule has 20 heavy (non-hydrogen) atoms. The molecule has 1 fully saturated rings. The monoisotopic (exact) mass is 270 g/mol. The van der Waals surface area contributed by atoms with Gasteiger partial charge in [0.2, 0.25) is 0 Å². The second-order valence-electron chi connectivity index (χ2n) is 5.21. The molecule has 5 heteroatoms. The summed E-state index contributed by atoms with van der Waals surface area (Å²) in [5.41, 5.74) is 7.63. The van der Waals surface area contributed by atoms with Gasteiger partial charge < -0.3 is 10.6 Å². The van der Waals surface area contributed by atoms with Gasteiger partial charge in [0.15, 0.2) is 0 Å². The van der Waals surface area contributed by atoms with Crippen molar-refractivity contribution in [1.82, 2.24) is 14.7 Å². The number of hydrogen-bond donors (Lipinski definition) is 1. The molecule has 2 N–H and O–H groups in total. The lowest BCUT2D eigenvalue weighted by Crippen LogP contribution is -2.31. The average molecular weight is 270 g/mol. The van der Waals surface area contributed by atoms with Gasteiger partial charge in [-0.3, -0.25) is 9.48 Å². The van der Waals surface area contributed by atoms with Gasteiger partial charge in [-0.05, 0) is 12.0 Å². The van der Waals surface area contributed by atoms with Gasteiger partial charge in [0.05, 0.1) is 18.3 Å². The summed E-state index contributed by atoms with van der Waals surface area (Å²) < 4.78 is 1.79. The Morgan fingerprint density at radius 1 is 1.35 bits per heavy atom. The van der Waals surface area contributed by atoms with Gasteiger partial charge in [0, 0.05) is 25.3 Å². The highest BCUT2D eigenvalue weighted by Crippen LogP contribution is 2.12. The van der Waals surface area contributed by atoms with Crippen molar-refractivity contribution in [3.05, 3.63) is 53.9 Å². The molecule has 0 bridgehead atoms. The topological polar surface area (TPSA) is 64.2 Å². The summed E-state index contributed by atoms with van der Waals surface area (Å²) in [6, 6.07) is 10.2. The molecule has 0 unspecified atom stereocenters. The SMILES string of the molecule is N[C@@H]1CCN(C(=O)c2cnn(Cc3ccccc3)c2)C1. The van der Waals surface area contributed by atoms with Crippen molar-refractivity contribution in [3.8, 4) is 0 Å². The number of benzene rings is 1. The van der Waals surface area contributed by atoms with Gasteiger partial charge >= 0.3 is 0 Å². The Bertz CT molecular complexity index is 593. The predicted octanol–water partition coefficient (Wildman–Crippen LogP) is 1.10. The van der Waals surface area contributed by atoms with Crippen molar-refractivity contribution in [2.24, 2.45) is 5.73 Å². The van der Waals surface area contributed by atoms with E-state index in [4.69, 9.17) is 5.73 Å². The fourth-order valence-electron chi connectivity index (χ4n) is 2.49. The number of carbonyl (C=O) groups is 1. The van der Waals surface area contributed by atoms with E-state index in [0.717, 1.165) is 18.5 Å². The summed E-state index contributed by atoms with van der Waals surface area (Å²) in [7, 11) is 0. The van der Waals surface area contributed by atoms with Crippen molar-refractivity contribution in [1.29, 1.82) is 0 Å². The van der Waals surface area contributed by atoms with E-state index in [-0.39, 0.29) is 11.9 Å². The summed E-state index contributed by atoms with van der Waals surface area (Å²) in [4.78, 5) is 14.1. The molecule has 104 valence electrons. The minimum Gasteiger partial charge on any atom is -0.337 e. The van der Waals surface area contributed by atoms with E-state index < -0.39 is 0 Å². The quantitative estimate of drug-likeness (QED) is 0.908. The van der Waals surface area contributed by atoms with Gasteiger partial charge in [0.1, 0.15) is 0 Å². The number of nitrogens with zero attached hydrogens (tertiary/aromatic N) is 3. The Morgan fingerprint density at radius 2 is 2.15 bits per heavy atom. The summed E-state index contributed by atoms with van der Waals surface area (Å²) >= 11 is 0. The van der Waals surface area contributed by atoms with Crippen molar-refractivity contribution < 1.29 is 4.79 Å². The first kappa shape index (κ1) is 12.9. The predicted molar refractivity (Wildman–Crippen MR) is 76.3 cm³/mol. The van der Waals surface area contributed by atoms with Crippen LogP contribution in [0.1, 0.15) is 22.3 Å². The summed E-state index contributed by atoms with van der Waals surface area (Å²) in [6.45, 7) is 2.06. The lowest BCUT2D eigenvalue weighted by molar-refractivity contribution is 0.0791. The van der Waals surface area contributed by atoms with Crippen LogP contribution in [0.5, 0.6) is 0 Å². The summed E-state index contributed by atoms with van der Waals surface area (Å²) in [6.07, 6.45) is 4.32. The van der Waals surface area contributed by atoms with Crippen molar-refractivity contribution in [3.63, 3.8) is 0 Å². The zero-order valence-electron chi connectivity index (χ0n) is 11.3. The average Bonchev–Trinajstić information content (AvgIpc) is 3.08. The van der Waals surface area contributed by atoms with Gasteiger partial charge in [0.25, 0.3) is 5.91 Å². The van der Waals surface area contributed by atoms with Crippen molar-refractivity contribution in [2.75, 3.05) is 13.1 Å². The number of carbonyl (C=O) groups excluding carboxylic acids is 1.